The van der Waals surface area contributed by atoms with E-state index in [1.165, 1.54) is 6.42 Å². The van der Waals surface area contributed by atoms with Gasteiger partial charge in [0.05, 0.1) is 3.79 Å². The predicted octanol–water partition coefficient (Wildman–Crippen LogP) is 3.80. The van der Waals surface area contributed by atoms with Gasteiger partial charge in [-0.25, -0.2) is 0 Å². The first-order valence-corrected chi connectivity index (χ1v) is 6.75. The molecule has 82 valence electrons. The normalized spacial score (nSPS) is 20.1. The number of hydrogen-bond donors (Lipinski definition) is 1. The Labute approximate surface area is 101 Å². The third-order valence-electron chi connectivity index (χ3n) is 3.16. The zero-order chi connectivity index (χ0) is 10.9. The molecule has 4 heteroatoms. The highest BCUT2D eigenvalue weighted by Gasteiger charge is 2.42. The Morgan fingerprint density at radius 3 is 2.47 bits per heavy atom. The molecule has 1 heterocycles. The summed E-state index contributed by atoms with van der Waals surface area (Å²) in [4.78, 5) is 12.5. The summed E-state index contributed by atoms with van der Waals surface area (Å²) in [7, 11) is 0. The fraction of sp³-hybridized carbons (Fsp3) is 0.545. The molecular weight excluding hydrogens is 276 g/mol. The van der Waals surface area contributed by atoms with Gasteiger partial charge in [-0.05, 0) is 40.9 Å². The maximum absolute atomic E-state index is 11.5. The van der Waals surface area contributed by atoms with E-state index in [4.69, 9.17) is 0 Å². The molecule has 1 aromatic rings. The average molecular weight is 289 g/mol. The van der Waals surface area contributed by atoms with E-state index >= 15 is 0 Å². The molecule has 0 unspecified atom stereocenters. The van der Waals surface area contributed by atoms with Crippen molar-refractivity contribution in [2.75, 3.05) is 0 Å². The van der Waals surface area contributed by atoms with Gasteiger partial charge in [-0.15, -0.1) is 11.3 Å². The first-order valence-electron chi connectivity index (χ1n) is 5.14. The first kappa shape index (κ1) is 11.1. The van der Waals surface area contributed by atoms with Gasteiger partial charge in [0.1, 0.15) is 5.41 Å². The number of aliphatic carboxylic acids is 1. The number of hydrogen-bond acceptors (Lipinski definition) is 2. The van der Waals surface area contributed by atoms with Crippen molar-refractivity contribution in [1.29, 1.82) is 0 Å². The maximum atomic E-state index is 11.5. The summed E-state index contributed by atoms with van der Waals surface area (Å²) in [6.07, 6.45) is 4.80. The van der Waals surface area contributed by atoms with Crippen LogP contribution < -0.4 is 0 Å². The highest BCUT2D eigenvalue weighted by Crippen LogP contribution is 2.43. The van der Waals surface area contributed by atoms with Gasteiger partial charge in [0.2, 0.25) is 0 Å². The standard InChI is InChI=1S/C11H13BrO2S/c12-9-5-4-8(15-9)11(10(13)14)6-2-1-3-7-11/h4-5H,1-3,6-7H2,(H,13,14). The van der Waals surface area contributed by atoms with Gasteiger partial charge in [0, 0.05) is 4.88 Å². The molecule has 1 aromatic heterocycles. The number of carboxylic acids is 1. The molecular formula is C11H13BrO2S. The van der Waals surface area contributed by atoms with Crippen LogP contribution in [0.2, 0.25) is 0 Å². The van der Waals surface area contributed by atoms with Gasteiger partial charge < -0.3 is 5.11 Å². The Bertz CT molecular complexity index is 366. The van der Waals surface area contributed by atoms with Crippen LogP contribution in [-0.4, -0.2) is 11.1 Å². The van der Waals surface area contributed by atoms with Gasteiger partial charge in [-0.1, -0.05) is 19.3 Å². The van der Waals surface area contributed by atoms with Crippen LogP contribution in [0.1, 0.15) is 37.0 Å². The number of thiophene rings is 1. The van der Waals surface area contributed by atoms with Crippen LogP contribution in [0.3, 0.4) is 0 Å². The van der Waals surface area contributed by atoms with Crippen LogP contribution in [0.15, 0.2) is 15.9 Å². The largest absolute Gasteiger partial charge is 0.481 e. The molecule has 0 atom stereocenters. The van der Waals surface area contributed by atoms with Crippen LogP contribution in [0.5, 0.6) is 0 Å². The van der Waals surface area contributed by atoms with E-state index in [9.17, 15) is 9.90 Å². The van der Waals surface area contributed by atoms with Crippen LogP contribution in [0, 0.1) is 0 Å². The van der Waals surface area contributed by atoms with Gasteiger partial charge in [-0.2, -0.15) is 0 Å². The van der Waals surface area contributed by atoms with Crippen molar-refractivity contribution >= 4 is 33.2 Å². The lowest BCUT2D eigenvalue weighted by molar-refractivity contribution is -0.145. The summed E-state index contributed by atoms with van der Waals surface area (Å²) in [6, 6.07) is 3.90. The molecule has 1 aliphatic rings. The number of rotatable bonds is 2. The van der Waals surface area contributed by atoms with Gasteiger partial charge in [0.25, 0.3) is 0 Å². The van der Waals surface area contributed by atoms with Crippen LogP contribution in [0.4, 0.5) is 0 Å². The molecule has 0 bridgehead atoms. The van der Waals surface area contributed by atoms with Crippen molar-refractivity contribution in [3.63, 3.8) is 0 Å². The van der Waals surface area contributed by atoms with E-state index in [1.54, 1.807) is 11.3 Å². The topological polar surface area (TPSA) is 37.3 Å². The van der Waals surface area contributed by atoms with Crippen molar-refractivity contribution < 1.29 is 9.90 Å². The zero-order valence-corrected chi connectivity index (χ0v) is 10.7. The lowest BCUT2D eigenvalue weighted by Gasteiger charge is -2.32. The van der Waals surface area contributed by atoms with Crippen molar-refractivity contribution in [2.24, 2.45) is 0 Å². The molecule has 0 amide bonds. The summed E-state index contributed by atoms with van der Waals surface area (Å²) >= 11 is 4.95. The SMILES string of the molecule is O=C(O)C1(c2ccc(Br)s2)CCCCC1. The fourth-order valence-electron chi connectivity index (χ4n) is 2.29. The minimum absolute atomic E-state index is 0.602. The molecule has 2 rings (SSSR count). The monoisotopic (exact) mass is 288 g/mol. The highest BCUT2D eigenvalue weighted by atomic mass is 79.9. The Kier molecular flexibility index (Phi) is 3.16. The Hall–Kier alpha value is -0.350. The summed E-state index contributed by atoms with van der Waals surface area (Å²) in [5.74, 6) is -0.656. The molecule has 1 saturated carbocycles. The molecule has 0 aromatic carbocycles. The van der Waals surface area contributed by atoms with E-state index in [-0.39, 0.29) is 0 Å². The molecule has 1 fully saturated rings. The van der Waals surface area contributed by atoms with Crippen molar-refractivity contribution in [3.05, 3.63) is 20.8 Å². The van der Waals surface area contributed by atoms with Crippen molar-refractivity contribution in [1.82, 2.24) is 0 Å². The quantitative estimate of drug-likeness (QED) is 0.899. The van der Waals surface area contributed by atoms with E-state index in [2.05, 4.69) is 15.9 Å². The zero-order valence-electron chi connectivity index (χ0n) is 8.33. The van der Waals surface area contributed by atoms with E-state index < -0.39 is 11.4 Å². The van der Waals surface area contributed by atoms with E-state index in [0.717, 1.165) is 34.3 Å². The minimum atomic E-state index is -0.656. The number of halogens is 1. The van der Waals surface area contributed by atoms with Gasteiger partial charge in [-0.3, -0.25) is 4.79 Å². The molecule has 0 spiro atoms. The summed E-state index contributed by atoms with van der Waals surface area (Å²) in [5, 5.41) is 9.44. The molecule has 15 heavy (non-hydrogen) atoms. The van der Waals surface area contributed by atoms with Crippen molar-refractivity contribution in [2.45, 2.75) is 37.5 Å². The van der Waals surface area contributed by atoms with E-state index in [0.29, 0.717) is 0 Å². The van der Waals surface area contributed by atoms with Gasteiger partial charge >= 0.3 is 5.97 Å². The molecule has 2 nitrogen and oxygen atoms in total. The van der Waals surface area contributed by atoms with Crippen LogP contribution in [0.25, 0.3) is 0 Å². The average Bonchev–Trinajstić information content (AvgIpc) is 2.66. The maximum Gasteiger partial charge on any atom is 0.314 e. The summed E-state index contributed by atoms with van der Waals surface area (Å²) < 4.78 is 1.02. The van der Waals surface area contributed by atoms with E-state index in [1.807, 2.05) is 12.1 Å². The molecule has 0 radical (unpaired) electrons. The number of carbonyl (C=O) groups is 1. The second-order valence-corrected chi connectivity index (χ2v) is 6.51. The Morgan fingerprint density at radius 1 is 1.33 bits per heavy atom. The highest BCUT2D eigenvalue weighted by molar-refractivity contribution is 9.11. The molecule has 1 N–H and O–H groups in total. The lowest BCUT2D eigenvalue weighted by atomic mass is 9.73. The Morgan fingerprint density at radius 2 is 2.00 bits per heavy atom. The predicted molar refractivity (Wildman–Crippen MR) is 64.4 cm³/mol. The smallest absolute Gasteiger partial charge is 0.314 e. The number of carboxylic acid groups (broad SMARTS) is 1. The van der Waals surface area contributed by atoms with Crippen molar-refractivity contribution in [3.8, 4) is 0 Å². The van der Waals surface area contributed by atoms with Gasteiger partial charge in [0.15, 0.2) is 0 Å². The second kappa shape index (κ2) is 4.26. The summed E-state index contributed by atoms with van der Waals surface area (Å²) in [5.41, 5.74) is -0.602. The fourth-order valence-corrected chi connectivity index (χ4v) is 3.92. The van der Waals surface area contributed by atoms with Crippen LogP contribution >= 0.6 is 27.3 Å². The summed E-state index contributed by atoms with van der Waals surface area (Å²) in [6.45, 7) is 0. The third-order valence-corrected chi connectivity index (χ3v) is 4.99. The lowest BCUT2D eigenvalue weighted by Crippen LogP contribution is -2.36. The Balaban J connectivity index is 2.37. The minimum Gasteiger partial charge on any atom is -0.481 e. The molecule has 0 aliphatic heterocycles. The molecule has 0 saturated heterocycles. The molecule has 1 aliphatic carbocycles. The second-order valence-electron chi connectivity index (χ2n) is 4.05. The van der Waals surface area contributed by atoms with Crippen LogP contribution in [-0.2, 0) is 10.2 Å². The first-order chi connectivity index (χ1) is 7.15. The third kappa shape index (κ3) is 1.97.